The normalized spacial score (nSPS) is 30.6. The Morgan fingerprint density at radius 1 is 1.14 bits per heavy atom. The Bertz CT molecular complexity index is 657. The van der Waals surface area contributed by atoms with Crippen molar-refractivity contribution in [3.8, 4) is 0 Å². The Morgan fingerprint density at radius 2 is 1.83 bits per heavy atom. The van der Waals surface area contributed by atoms with Gasteiger partial charge in [-0.15, -0.1) is 0 Å². The van der Waals surface area contributed by atoms with E-state index in [1.54, 1.807) is 0 Å². The highest BCUT2D eigenvalue weighted by Crippen LogP contribution is 2.52. The quantitative estimate of drug-likeness (QED) is 0.189. The van der Waals surface area contributed by atoms with Crippen LogP contribution in [0, 0.1) is 23.7 Å². The molecule has 29 heavy (non-hydrogen) atoms. The molecule has 160 valence electrons. The van der Waals surface area contributed by atoms with Crippen molar-refractivity contribution in [1.82, 2.24) is 20.4 Å². The van der Waals surface area contributed by atoms with Crippen molar-refractivity contribution < 1.29 is 9.59 Å². The Kier molecular flexibility index (Phi) is 6.23. The molecule has 2 amide bonds. The Labute approximate surface area is 174 Å². The van der Waals surface area contributed by atoms with E-state index in [0.717, 1.165) is 44.6 Å². The standard InChI is InChI=1S/C22H35N5O2/c1-3-23-22(25-11-13-26(4-2)17-8-9-17)24-10-5-12-27-20(28)18-15-6-7-16(14-15)19(18)21(27)29/h6-7,15-19H,3-5,8-14H2,1-2H3,(H2,23,24,25). The van der Waals surface area contributed by atoms with Crippen LogP contribution in [0.4, 0.5) is 0 Å². The Balaban J connectivity index is 1.22. The number of nitrogens with one attached hydrogen (secondary N) is 2. The van der Waals surface area contributed by atoms with Gasteiger partial charge in [-0.05, 0) is 51.0 Å². The summed E-state index contributed by atoms with van der Waals surface area (Å²) < 4.78 is 0. The van der Waals surface area contributed by atoms with Gasteiger partial charge in [0.1, 0.15) is 0 Å². The van der Waals surface area contributed by atoms with Crippen molar-refractivity contribution in [2.45, 2.75) is 45.6 Å². The number of rotatable bonds is 10. The van der Waals surface area contributed by atoms with E-state index in [2.05, 4.69) is 46.5 Å². The number of carbonyl (C=O) groups is 2. The summed E-state index contributed by atoms with van der Waals surface area (Å²) in [6.45, 7) is 9.17. The molecule has 0 aromatic rings. The predicted octanol–water partition coefficient (Wildman–Crippen LogP) is 1.22. The number of amides is 2. The number of aliphatic imine (C=N–C) groups is 1. The number of hydrogen-bond acceptors (Lipinski definition) is 4. The minimum Gasteiger partial charge on any atom is -0.357 e. The second kappa shape index (κ2) is 8.86. The molecule has 7 nitrogen and oxygen atoms in total. The molecule has 0 aromatic carbocycles. The maximum atomic E-state index is 12.7. The van der Waals surface area contributed by atoms with E-state index >= 15 is 0 Å². The highest BCUT2D eigenvalue weighted by atomic mass is 16.2. The van der Waals surface area contributed by atoms with Crippen LogP contribution in [0.25, 0.3) is 0 Å². The van der Waals surface area contributed by atoms with Crippen LogP contribution < -0.4 is 10.6 Å². The summed E-state index contributed by atoms with van der Waals surface area (Å²) in [5, 5.41) is 6.69. The molecule has 0 spiro atoms. The van der Waals surface area contributed by atoms with E-state index < -0.39 is 0 Å². The van der Waals surface area contributed by atoms with Gasteiger partial charge < -0.3 is 10.6 Å². The van der Waals surface area contributed by atoms with Gasteiger partial charge in [0.05, 0.1) is 11.8 Å². The number of imide groups is 1. The molecular formula is C22H35N5O2. The fraction of sp³-hybridized carbons (Fsp3) is 0.773. The topological polar surface area (TPSA) is 77.0 Å². The van der Waals surface area contributed by atoms with Gasteiger partial charge >= 0.3 is 0 Å². The zero-order valence-electron chi connectivity index (χ0n) is 17.8. The number of likely N-dealkylation sites (tertiary alicyclic amines) is 1. The first-order valence-electron chi connectivity index (χ1n) is 11.4. The van der Waals surface area contributed by atoms with E-state index in [0.29, 0.717) is 19.5 Å². The molecule has 2 bridgehead atoms. The molecule has 4 atom stereocenters. The van der Waals surface area contributed by atoms with Crippen molar-refractivity contribution in [3.63, 3.8) is 0 Å². The molecule has 4 aliphatic rings. The summed E-state index contributed by atoms with van der Waals surface area (Å²) in [4.78, 5) is 34.1. The van der Waals surface area contributed by atoms with Gasteiger partial charge in [-0.2, -0.15) is 0 Å². The third-order valence-corrected chi connectivity index (χ3v) is 6.88. The third kappa shape index (κ3) is 4.20. The average molecular weight is 402 g/mol. The first kappa shape index (κ1) is 20.4. The molecule has 1 saturated heterocycles. The number of allylic oxidation sites excluding steroid dienone is 2. The molecule has 7 heteroatoms. The van der Waals surface area contributed by atoms with E-state index in [9.17, 15) is 9.59 Å². The molecule has 3 fully saturated rings. The molecule has 4 unspecified atom stereocenters. The smallest absolute Gasteiger partial charge is 0.233 e. The second-order valence-electron chi connectivity index (χ2n) is 8.73. The van der Waals surface area contributed by atoms with Crippen LogP contribution in [-0.2, 0) is 9.59 Å². The second-order valence-corrected chi connectivity index (χ2v) is 8.73. The van der Waals surface area contributed by atoms with E-state index in [4.69, 9.17) is 0 Å². The number of fused-ring (bicyclic) bond motifs is 5. The van der Waals surface area contributed by atoms with E-state index in [-0.39, 0.29) is 35.5 Å². The lowest BCUT2D eigenvalue weighted by Crippen LogP contribution is -2.42. The van der Waals surface area contributed by atoms with Crippen molar-refractivity contribution >= 4 is 17.8 Å². The molecule has 1 aliphatic heterocycles. The van der Waals surface area contributed by atoms with Crippen molar-refractivity contribution in [2.24, 2.45) is 28.7 Å². The van der Waals surface area contributed by atoms with Crippen molar-refractivity contribution in [1.29, 1.82) is 0 Å². The van der Waals surface area contributed by atoms with Crippen LogP contribution >= 0.6 is 0 Å². The zero-order chi connectivity index (χ0) is 20.4. The molecular weight excluding hydrogens is 366 g/mol. The summed E-state index contributed by atoms with van der Waals surface area (Å²) in [5.41, 5.74) is 0. The van der Waals surface area contributed by atoms with Crippen LogP contribution in [0.15, 0.2) is 17.1 Å². The van der Waals surface area contributed by atoms with Gasteiger partial charge in [0.25, 0.3) is 0 Å². The molecule has 4 rings (SSSR count). The molecule has 2 N–H and O–H groups in total. The predicted molar refractivity (Wildman–Crippen MR) is 113 cm³/mol. The fourth-order valence-electron chi connectivity index (χ4n) is 5.30. The lowest BCUT2D eigenvalue weighted by molar-refractivity contribution is -0.140. The van der Waals surface area contributed by atoms with E-state index in [1.807, 2.05) is 0 Å². The third-order valence-electron chi connectivity index (χ3n) is 6.88. The highest BCUT2D eigenvalue weighted by molar-refractivity contribution is 6.06. The SMILES string of the molecule is CCNC(=NCCCN1C(=O)C2C3C=CC(C3)C2C1=O)NCCN(CC)C1CC1. The van der Waals surface area contributed by atoms with Crippen LogP contribution in [-0.4, -0.2) is 72.9 Å². The Morgan fingerprint density at radius 3 is 2.41 bits per heavy atom. The van der Waals surface area contributed by atoms with Crippen LogP contribution in [0.5, 0.6) is 0 Å². The lowest BCUT2D eigenvalue weighted by Gasteiger charge is -2.21. The number of hydrogen-bond donors (Lipinski definition) is 2. The van der Waals surface area contributed by atoms with E-state index in [1.165, 1.54) is 17.7 Å². The fourth-order valence-corrected chi connectivity index (χ4v) is 5.30. The summed E-state index contributed by atoms with van der Waals surface area (Å²) in [6.07, 6.45) is 8.63. The molecule has 1 heterocycles. The minimum absolute atomic E-state index is 0.0468. The number of carbonyl (C=O) groups excluding carboxylic acids is 2. The summed E-state index contributed by atoms with van der Waals surface area (Å²) >= 11 is 0. The largest absolute Gasteiger partial charge is 0.357 e. The summed E-state index contributed by atoms with van der Waals surface area (Å²) in [6, 6.07) is 0.779. The monoisotopic (exact) mass is 401 g/mol. The molecule has 3 aliphatic carbocycles. The van der Waals surface area contributed by atoms with Gasteiger partial charge in [0.2, 0.25) is 11.8 Å². The van der Waals surface area contributed by atoms with Gasteiger partial charge in [0, 0.05) is 38.8 Å². The molecule has 2 saturated carbocycles. The molecule has 0 aromatic heterocycles. The van der Waals surface area contributed by atoms with Gasteiger partial charge in [-0.1, -0.05) is 19.1 Å². The highest BCUT2D eigenvalue weighted by Gasteiger charge is 2.58. The Hall–Kier alpha value is -1.89. The number of guanidine groups is 1. The molecule has 0 radical (unpaired) electrons. The van der Waals surface area contributed by atoms with Crippen LogP contribution in [0.2, 0.25) is 0 Å². The van der Waals surface area contributed by atoms with Gasteiger partial charge in [-0.25, -0.2) is 0 Å². The maximum absolute atomic E-state index is 12.7. The first-order chi connectivity index (χ1) is 14.1. The zero-order valence-corrected chi connectivity index (χ0v) is 17.8. The van der Waals surface area contributed by atoms with Gasteiger partial charge in [-0.3, -0.25) is 24.4 Å². The summed E-state index contributed by atoms with van der Waals surface area (Å²) in [7, 11) is 0. The van der Waals surface area contributed by atoms with Crippen LogP contribution in [0.3, 0.4) is 0 Å². The maximum Gasteiger partial charge on any atom is 0.233 e. The first-order valence-corrected chi connectivity index (χ1v) is 11.4. The van der Waals surface area contributed by atoms with Crippen molar-refractivity contribution in [3.05, 3.63) is 12.2 Å². The minimum atomic E-state index is -0.0898. The number of nitrogens with zero attached hydrogens (tertiary/aromatic N) is 3. The average Bonchev–Trinajstić information content (AvgIpc) is 3.26. The summed E-state index contributed by atoms with van der Waals surface area (Å²) in [5.74, 6) is 1.30. The van der Waals surface area contributed by atoms with Crippen molar-refractivity contribution in [2.75, 3.05) is 39.3 Å². The number of likely N-dealkylation sites (N-methyl/N-ethyl adjacent to an activating group) is 1. The lowest BCUT2D eigenvalue weighted by atomic mass is 9.85. The van der Waals surface area contributed by atoms with Gasteiger partial charge in [0.15, 0.2) is 5.96 Å². The van der Waals surface area contributed by atoms with Crippen LogP contribution in [0.1, 0.15) is 39.5 Å².